The average Bonchev–Trinajstić information content (AvgIpc) is 3.25. The highest BCUT2D eigenvalue weighted by Gasteiger charge is 2.14. The molecule has 9 heteroatoms. The average molecular weight is 474 g/mol. The molecule has 0 aliphatic heterocycles. The number of carbonyl (C=O) groups excluding carboxylic acids is 1. The Morgan fingerprint density at radius 1 is 1.11 bits per heavy atom. The highest BCUT2D eigenvalue weighted by molar-refractivity contribution is 5.87. The van der Waals surface area contributed by atoms with Crippen molar-refractivity contribution in [1.82, 2.24) is 14.6 Å². The molecule has 0 saturated carbocycles. The lowest BCUT2D eigenvalue weighted by molar-refractivity contribution is -0.140. The Labute approximate surface area is 202 Å². The second-order valence-corrected chi connectivity index (χ2v) is 8.25. The Morgan fingerprint density at radius 2 is 1.94 bits per heavy atom. The monoisotopic (exact) mass is 473 g/mol. The first-order valence-corrected chi connectivity index (χ1v) is 11.3. The number of carboxylic acids is 1. The van der Waals surface area contributed by atoms with E-state index in [1.165, 1.54) is 7.11 Å². The van der Waals surface area contributed by atoms with Gasteiger partial charge in [0.25, 0.3) is 0 Å². The number of nitrogens with two attached hydrogens (primary N) is 1. The number of ether oxygens (including phenoxy) is 1. The SMILES string of the molecule is COC(=O)CCCCc1cnn2c(Cc3cccc(C(=O)O)c3)cc(Nc3cccc(N)c3)nc12. The van der Waals surface area contributed by atoms with E-state index in [0.717, 1.165) is 28.9 Å². The molecule has 0 radical (unpaired) electrons. The van der Waals surface area contributed by atoms with E-state index in [1.807, 2.05) is 36.4 Å². The molecule has 0 amide bonds. The Hall–Kier alpha value is -4.40. The third-order valence-electron chi connectivity index (χ3n) is 5.64. The number of aromatic carboxylic acids is 1. The first-order valence-electron chi connectivity index (χ1n) is 11.3. The molecular weight excluding hydrogens is 446 g/mol. The maximum atomic E-state index is 11.4. The highest BCUT2D eigenvalue weighted by atomic mass is 16.5. The third kappa shape index (κ3) is 5.94. The normalized spacial score (nSPS) is 10.9. The molecule has 0 atom stereocenters. The number of fused-ring (bicyclic) bond motifs is 1. The first-order chi connectivity index (χ1) is 16.9. The van der Waals surface area contributed by atoms with Crippen molar-refractivity contribution in [1.29, 1.82) is 0 Å². The quantitative estimate of drug-likeness (QED) is 0.177. The van der Waals surface area contributed by atoms with Gasteiger partial charge >= 0.3 is 11.9 Å². The van der Waals surface area contributed by atoms with Crippen LogP contribution in [0.5, 0.6) is 0 Å². The number of aryl methyl sites for hydroxylation is 1. The van der Waals surface area contributed by atoms with Crippen LogP contribution in [0.15, 0.2) is 60.8 Å². The zero-order valence-electron chi connectivity index (χ0n) is 19.4. The molecule has 0 aliphatic carbocycles. The number of anilines is 3. The van der Waals surface area contributed by atoms with E-state index in [1.54, 1.807) is 28.9 Å². The maximum Gasteiger partial charge on any atom is 0.335 e. The van der Waals surface area contributed by atoms with Gasteiger partial charge in [0, 0.05) is 35.8 Å². The lowest BCUT2D eigenvalue weighted by Crippen LogP contribution is -2.06. The zero-order valence-corrected chi connectivity index (χ0v) is 19.4. The number of methoxy groups -OCH3 is 1. The molecule has 4 N–H and O–H groups in total. The lowest BCUT2D eigenvalue weighted by Gasteiger charge is -2.12. The van der Waals surface area contributed by atoms with Crippen LogP contribution in [0.2, 0.25) is 0 Å². The summed E-state index contributed by atoms with van der Waals surface area (Å²) < 4.78 is 6.50. The van der Waals surface area contributed by atoms with E-state index >= 15 is 0 Å². The zero-order chi connectivity index (χ0) is 24.8. The van der Waals surface area contributed by atoms with Gasteiger partial charge < -0.3 is 20.9 Å². The smallest absolute Gasteiger partial charge is 0.335 e. The molecule has 2 aromatic heterocycles. The van der Waals surface area contributed by atoms with Crippen molar-refractivity contribution < 1.29 is 19.4 Å². The summed E-state index contributed by atoms with van der Waals surface area (Å²) in [6, 6.07) is 16.2. The molecule has 4 aromatic rings. The second kappa shape index (κ2) is 10.7. The number of rotatable bonds is 10. The van der Waals surface area contributed by atoms with Crippen LogP contribution in [-0.4, -0.2) is 38.8 Å². The van der Waals surface area contributed by atoms with Crippen LogP contribution in [0, 0.1) is 0 Å². The fourth-order valence-corrected chi connectivity index (χ4v) is 3.91. The molecule has 9 nitrogen and oxygen atoms in total. The minimum atomic E-state index is -0.968. The number of esters is 1. The fraction of sp³-hybridized carbons (Fsp3) is 0.231. The Kier molecular flexibility index (Phi) is 7.25. The van der Waals surface area contributed by atoms with Crippen LogP contribution in [0.1, 0.15) is 46.4 Å². The van der Waals surface area contributed by atoms with Crippen molar-refractivity contribution in [2.45, 2.75) is 32.1 Å². The van der Waals surface area contributed by atoms with Crippen LogP contribution in [-0.2, 0) is 22.4 Å². The number of nitrogens with one attached hydrogen (secondary N) is 1. The Balaban J connectivity index is 1.66. The van der Waals surface area contributed by atoms with Crippen molar-refractivity contribution in [2.24, 2.45) is 0 Å². The van der Waals surface area contributed by atoms with Gasteiger partial charge in [0.2, 0.25) is 0 Å². The summed E-state index contributed by atoms with van der Waals surface area (Å²) in [5, 5.41) is 17.2. The van der Waals surface area contributed by atoms with E-state index in [-0.39, 0.29) is 11.5 Å². The number of nitrogens with zero attached hydrogens (tertiary/aromatic N) is 3. The first kappa shape index (κ1) is 23.7. The summed E-state index contributed by atoms with van der Waals surface area (Å²) >= 11 is 0. The topological polar surface area (TPSA) is 132 Å². The van der Waals surface area contributed by atoms with Crippen LogP contribution < -0.4 is 11.1 Å². The standard InChI is InChI=1S/C26H27N5O4/c1-35-24(32)11-3-2-7-19-16-28-31-22(13-17-6-4-8-18(12-17)26(33)34)15-23(30-25(19)31)29-21-10-5-9-20(27)14-21/h4-6,8-10,12,14-16H,2-3,7,11,13,27H2,1H3,(H,29,30)(H,33,34). The van der Waals surface area contributed by atoms with Crippen LogP contribution >= 0.6 is 0 Å². The molecule has 0 unspecified atom stereocenters. The van der Waals surface area contributed by atoms with Crippen molar-refractivity contribution in [3.8, 4) is 0 Å². The summed E-state index contributed by atoms with van der Waals surface area (Å²) in [6.07, 6.45) is 4.85. The van der Waals surface area contributed by atoms with Crippen LogP contribution in [0.4, 0.5) is 17.2 Å². The predicted molar refractivity (Wildman–Crippen MR) is 133 cm³/mol. The Morgan fingerprint density at radius 3 is 2.71 bits per heavy atom. The fourth-order valence-electron chi connectivity index (χ4n) is 3.91. The van der Waals surface area contributed by atoms with Crippen molar-refractivity contribution in [2.75, 3.05) is 18.2 Å². The van der Waals surface area contributed by atoms with Gasteiger partial charge in [-0.3, -0.25) is 4.79 Å². The van der Waals surface area contributed by atoms with Crippen molar-refractivity contribution in [3.05, 3.63) is 83.2 Å². The number of unbranched alkanes of at least 4 members (excludes halogenated alkanes) is 1. The maximum absolute atomic E-state index is 11.4. The lowest BCUT2D eigenvalue weighted by atomic mass is 10.1. The molecule has 35 heavy (non-hydrogen) atoms. The third-order valence-corrected chi connectivity index (χ3v) is 5.64. The number of hydrogen-bond donors (Lipinski definition) is 3. The molecule has 2 aromatic carbocycles. The molecule has 0 saturated heterocycles. The van der Waals surface area contributed by atoms with Gasteiger partial charge in [0.15, 0.2) is 5.65 Å². The number of carboxylic acid groups (broad SMARTS) is 1. The molecule has 0 spiro atoms. The summed E-state index contributed by atoms with van der Waals surface area (Å²) in [5.74, 6) is -0.560. The van der Waals surface area contributed by atoms with Gasteiger partial charge in [0.1, 0.15) is 5.82 Å². The van der Waals surface area contributed by atoms with Gasteiger partial charge in [-0.1, -0.05) is 18.2 Å². The summed E-state index contributed by atoms with van der Waals surface area (Å²) in [4.78, 5) is 27.6. The molecule has 0 aliphatic rings. The second-order valence-electron chi connectivity index (χ2n) is 8.25. The minimum absolute atomic E-state index is 0.220. The van der Waals surface area contributed by atoms with Crippen molar-refractivity contribution in [3.63, 3.8) is 0 Å². The summed E-state index contributed by atoms with van der Waals surface area (Å²) in [7, 11) is 1.39. The molecule has 4 rings (SSSR count). The largest absolute Gasteiger partial charge is 0.478 e. The molecule has 180 valence electrons. The molecule has 0 fully saturated rings. The molecule has 2 heterocycles. The predicted octanol–water partition coefficient (Wildman–Crippen LogP) is 4.23. The van der Waals surface area contributed by atoms with Gasteiger partial charge in [-0.05, 0) is 55.2 Å². The van der Waals surface area contributed by atoms with Gasteiger partial charge in [0.05, 0.1) is 24.6 Å². The summed E-state index contributed by atoms with van der Waals surface area (Å²) in [5.41, 5.74) is 11.0. The molecular formula is C26H27N5O4. The number of nitrogen functional groups attached to an aromatic ring is 1. The van der Waals surface area contributed by atoms with Gasteiger partial charge in [-0.25, -0.2) is 14.3 Å². The van der Waals surface area contributed by atoms with Crippen LogP contribution in [0.25, 0.3) is 5.65 Å². The van der Waals surface area contributed by atoms with Gasteiger partial charge in [-0.15, -0.1) is 0 Å². The minimum Gasteiger partial charge on any atom is -0.478 e. The van der Waals surface area contributed by atoms with Crippen molar-refractivity contribution >= 4 is 34.8 Å². The number of hydrogen-bond acceptors (Lipinski definition) is 7. The van der Waals surface area contributed by atoms with E-state index in [4.69, 9.17) is 15.5 Å². The van der Waals surface area contributed by atoms with Gasteiger partial charge in [-0.2, -0.15) is 5.10 Å². The van der Waals surface area contributed by atoms with E-state index in [9.17, 15) is 14.7 Å². The molecule has 0 bridgehead atoms. The number of carbonyl (C=O) groups is 2. The number of aromatic nitrogens is 3. The van der Waals surface area contributed by atoms with E-state index < -0.39 is 5.97 Å². The number of benzene rings is 2. The summed E-state index contributed by atoms with van der Waals surface area (Å²) in [6.45, 7) is 0. The van der Waals surface area contributed by atoms with E-state index in [2.05, 4.69) is 10.4 Å². The highest BCUT2D eigenvalue weighted by Crippen LogP contribution is 2.23. The van der Waals surface area contributed by atoms with E-state index in [0.29, 0.717) is 42.8 Å². The Bertz CT molecular complexity index is 1370. The van der Waals surface area contributed by atoms with Crippen LogP contribution in [0.3, 0.4) is 0 Å².